The molecule has 5 nitrogen and oxygen atoms in total. The van der Waals surface area contributed by atoms with E-state index in [1.54, 1.807) is 0 Å². The van der Waals surface area contributed by atoms with Gasteiger partial charge in [-0.1, -0.05) is 24.3 Å². The van der Waals surface area contributed by atoms with Crippen LogP contribution in [0.5, 0.6) is 5.75 Å². The van der Waals surface area contributed by atoms with Gasteiger partial charge in [-0.05, 0) is 57.1 Å². The molecule has 2 heterocycles. The zero-order valence-corrected chi connectivity index (χ0v) is 15.7. The molecule has 140 valence electrons. The van der Waals surface area contributed by atoms with Crippen LogP contribution in [0.15, 0.2) is 36.4 Å². The monoisotopic (exact) mass is 354 g/mol. The maximum Gasteiger partial charge on any atom is 0.123 e. The molecule has 26 heavy (non-hydrogen) atoms. The second kappa shape index (κ2) is 10.3. The molecule has 0 radical (unpaired) electrons. The van der Waals surface area contributed by atoms with Crippen LogP contribution >= 0.6 is 0 Å². The number of rotatable bonds is 3. The first-order valence-corrected chi connectivity index (χ1v) is 9.60. The van der Waals surface area contributed by atoms with E-state index in [4.69, 9.17) is 9.72 Å². The Bertz CT molecular complexity index is 659. The van der Waals surface area contributed by atoms with E-state index in [9.17, 15) is 0 Å². The van der Waals surface area contributed by atoms with Crippen LogP contribution in [-0.4, -0.2) is 31.2 Å². The van der Waals surface area contributed by atoms with Gasteiger partial charge in [-0.3, -0.25) is 4.98 Å². The van der Waals surface area contributed by atoms with E-state index in [1.807, 2.05) is 0 Å². The standard InChI is InChI=1S/C21H30N4O/c1-17-6-2-3-7-18(17)16-26-21-12-19-14-23-10-4-8-22-9-5-11-24-15-20(13-21)25-19/h2-3,6-7,12-13,22-24H,4-5,8-11,14-16H2,1H3. The summed E-state index contributed by atoms with van der Waals surface area (Å²) in [5.41, 5.74) is 4.55. The summed E-state index contributed by atoms with van der Waals surface area (Å²) in [7, 11) is 0. The average Bonchev–Trinajstić information content (AvgIpc) is 2.65. The lowest BCUT2D eigenvalue weighted by atomic mass is 10.1. The lowest BCUT2D eigenvalue weighted by molar-refractivity contribution is 0.304. The quantitative estimate of drug-likeness (QED) is 0.791. The Labute approximate surface area is 156 Å². The number of aryl methyl sites for hydroxylation is 1. The van der Waals surface area contributed by atoms with Crippen molar-refractivity contribution in [1.82, 2.24) is 20.9 Å². The van der Waals surface area contributed by atoms with Crippen molar-refractivity contribution < 1.29 is 4.74 Å². The SMILES string of the molecule is Cc1ccccc1COc1cc2nc(c1)CNCCCNCCCNC2. The minimum Gasteiger partial charge on any atom is -0.489 e. The number of aromatic nitrogens is 1. The van der Waals surface area contributed by atoms with Crippen LogP contribution in [0, 0.1) is 6.92 Å². The van der Waals surface area contributed by atoms with Crippen LogP contribution in [0.3, 0.4) is 0 Å². The summed E-state index contributed by atoms with van der Waals surface area (Å²) >= 11 is 0. The molecule has 2 bridgehead atoms. The number of nitrogens with one attached hydrogen (secondary N) is 3. The summed E-state index contributed by atoms with van der Waals surface area (Å²) in [5.74, 6) is 0.894. The summed E-state index contributed by atoms with van der Waals surface area (Å²) in [6.07, 6.45) is 2.26. The Hall–Kier alpha value is -1.95. The van der Waals surface area contributed by atoms with Crippen LogP contribution in [0.1, 0.15) is 35.4 Å². The molecule has 0 amide bonds. The number of hydrogen-bond donors (Lipinski definition) is 3. The van der Waals surface area contributed by atoms with Crippen molar-refractivity contribution in [2.45, 2.75) is 39.5 Å². The average molecular weight is 354 g/mol. The summed E-state index contributed by atoms with van der Waals surface area (Å²) in [6, 6.07) is 12.5. The molecule has 0 saturated carbocycles. The third-order valence-corrected chi connectivity index (χ3v) is 4.59. The highest BCUT2D eigenvalue weighted by atomic mass is 16.5. The number of nitrogens with zero attached hydrogens (tertiary/aromatic N) is 1. The van der Waals surface area contributed by atoms with E-state index in [0.717, 1.165) is 69.2 Å². The van der Waals surface area contributed by atoms with Gasteiger partial charge in [0, 0.05) is 25.2 Å². The first-order chi connectivity index (χ1) is 12.8. The molecule has 1 aliphatic heterocycles. The van der Waals surface area contributed by atoms with E-state index in [-0.39, 0.29) is 0 Å². The molecule has 0 aliphatic carbocycles. The fraction of sp³-hybridized carbons (Fsp3) is 0.476. The zero-order valence-electron chi connectivity index (χ0n) is 15.7. The Morgan fingerprint density at radius 2 is 1.50 bits per heavy atom. The third kappa shape index (κ3) is 6.09. The Morgan fingerprint density at radius 1 is 0.885 bits per heavy atom. The van der Waals surface area contributed by atoms with Gasteiger partial charge in [0.25, 0.3) is 0 Å². The molecule has 1 aromatic carbocycles. The lowest BCUT2D eigenvalue weighted by Crippen LogP contribution is -2.26. The minimum absolute atomic E-state index is 0.585. The molecular weight excluding hydrogens is 324 g/mol. The van der Waals surface area contributed by atoms with E-state index in [0.29, 0.717) is 6.61 Å². The molecule has 1 aromatic heterocycles. The first-order valence-electron chi connectivity index (χ1n) is 9.60. The summed E-state index contributed by atoms with van der Waals surface area (Å²) in [4.78, 5) is 4.77. The second-order valence-electron chi connectivity index (χ2n) is 6.81. The molecule has 2 aromatic rings. The van der Waals surface area contributed by atoms with Gasteiger partial charge in [0.05, 0.1) is 11.4 Å². The maximum absolute atomic E-state index is 6.09. The van der Waals surface area contributed by atoms with Gasteiger partial charge in [-0.2, -0.15) is 0 Å². The van der Waals surface area contributed by atoms with E-state index in [1.165, 1.54) is 11.1 Å². The van der Waals surface area contributed by atoms with Crippen molar-refractivity contribution in [3.05, 3.63) is 58.9 Å². The van der Waals surface area contributed by atoms with Gasteiger partial charge in [-0.15, -0.1) is 0 Å². The summed E-state index contributed by atoms with van der Waals surface area (Å²) in [6.45, 7) is 8.36. The highest BCUT2D eigenvalue weighted by Gasteiger charge is 2.06. The minimum atomic E-state index is 0.585. The number of fused-ring (bicyclic) bond motifs is 2. The Morgan fingerprint density at radius 3 is 2.15 bits per heavy atom. The number of hydrogen-bond acceptors (Lipinski definition) is 5. The largest absolute Gasteiger partial charge is 0.489 e. The fourth-order valence-corrected chi connectivity index (χ4v) is 3.05. The molecule has 5 heteroatoms. The van der Waals surface area contributed by atoms with E-state index < -0.39 is 0 Å². The van der Waals surface area contributed by atoms with E-state index in [2.05, 4.69) is 59.3 Å². The predicted octanol–water partition coefficient (Wildman–Crippen LogP) is 2.53. The molecule has 0 atom stereocenters. The smallest absolute Gasteiger partial charge is 0.123 e. The topological polar surface area (TPSA) is 58.2 Å². The summed E-state index contributed by atoms with van der Waals surface area (Å²) < 4.78 is 6.09. The van der Waals surface area contributed by atoms with E-state index >= 15 is 0 Å². The van der Waals surface area contributed by atoms with Crippen molar-refractivity contribution in [2.24, 2.45) is 0 Å². The van der Waals surface area contributed by atoms with Gasteiger partial charge >= 0.3 is 0 Å². The van der Waals surface area contributed by atoms with Crippen molar-refractivity contribution in [1.29, 1.82) is 0 Å². The van der Waals surface area contributed by atoms with Gasteiger partial charge in [-0.25, -0.2) is 0 Å². The molecule has 3 N–H and O–H groups in total. The van der Waals surface area contributed by atoms with Crippen molar-refractivity contribution >= 4 is 0 Å². The molecule has 3 rings (SSSR count). The van der Waals surface area contributed by atoms with Crippen molar-refractivity contribution in [2.75, 3.05) is 26.2 Å². The second-order valence-corrected chi connectivity index (χ2v) is 6.81. The number of pyridine rings is 1. The van der Waals surface area contributed by atoms with Gasteiger partial charge in [0.15, 0.2) is 0 Å². The van der Waals surface area contributed by atoms with Gasteiger partial charge < -0.3 is 20.7 Å². The molecule has 0 spiro atoms. The van der Waals surface area contributed by atoms with Crippen LogP contribution in [0.25, 0.3) is 0 Å². The molecular formula is C21H30N4O. The number of ether oxygens (including phenoxy) is 1. The van der Waals surface area contributed by atoms with Gasteiger partial charge in [0.2, 0.25) is 0 Å². The Balaban J connectivity index is 1.68. The van der Waals surface area contributed by atoms with Crippen LogP contribution < -0.4 is 20.7 Å². The van der Waals surface area contributed by atoms with Crippen LogP contribution in [0.4, 0.5) is 0 Å². The first kappa shape index (κ1) is 18.8. The predicted molar refractivity (Wildman–Crippen MR) is 105 cm³/mol. The fourth-order valence-electron chi connectivity index (χ4n) is 3.05. The zero-order chi connectivity index (χ0) is 18.0. The number of benzene rings is 1. The highest BCUT2D eigenvalue weighted by molar-refractivity contribution is 5.29. The normalized spacial score (nSPS) is 16.7. The van der Waals surface area contributed by atoms with Crippen LogP contribution in [0.2, 0.25) is 0 Å². The van der Waals surface area contributed by atoms with Gasteiger partial charge in [0.1, 0.15) is 12.4 Å². The molecule has 0 saturated heterocycles. The Kier molecular flexibility index (Phi) is 7.43. The molecule has 1 aliphatic rings. The molecule has 0 unspecified atom stereocenters. The molecule has 0 fully saturated rings. The summed E-state index contributed by atoms with van der Waals surface area (Å²) in [5, 5.41) is 10.4. The maximum atomic E-state index is 6.09. The van der Waals surface area contributed by atoms with Crippen LogP contribution in [-0.2, 0) is 19.7 Å². The van der Waals surface area contributed by atoms with Crippen molar-refractivity contribution in [3.8, 4) is 5.75 Å². The van der Waals surface area contributed by atoms with Crippen molar-refractivity contribution in [3.63, 3.8) is 0 Å². The third-order valence-electron chi connectivity index (χ3n) is 4.59. The lowest BCUT2D eigenvalue weighted by Gasteiger charge is -2.14. The highest BCUT2D eigenvalue weighted by Crippen LogP contribution is 2.18.